The van der Waals surface area contributed by atoms with Crippen LogP contribution in [0.3, 0.4) is 0 Å². The molecule has 0 fully saturated rings. The van der Waals surface area contributed by atoms with Crippen LogP contribution in [0.5, 0.6) is 0 Å². The molecule has 1 atom stereocenters. The Bertz CT molecular complexity index is 513. The van der Waals surface area contributed by atoms with Gasteiger partial charge < -0.3 is 0 Å². The molecule has 17 heavy (non-hydrogen) atoms. The van der Waals surface area contributed by atoms with Gasteiger partial charge in [-0.15, -0.1) is 0 Å². The van der Waals surface area contributed by atoms with Crippen LogP contribution in [0.1, 0.15) is 20.7 Å². The van der Waals surface area contributed by atoms with Gasteiger partial charge in [0.2, 0.25) is 0 Å². The van der Waals surface area contributed by atoms with E-state index in [4.69, 9.17) is 0 Å². The summed E-state index contributed by atoms with van der Waals surface area (Å²) in [5.74, 6) is -0.385. The Hall–Kier alpha value is -1.55. The second kappa shape index (κ2) is 5.19. The Morgan fingerprint density at radius 1 is 1.12 bits per heavy atom. The molecular formula is C13H9BrFNO. The summed E-state index contributed by atoms with van der Waals surface area (Å²) < 4.78 is 12.8. The Labute approximate surface area is 107 Å². The van der Waals surface area contributed by atoms with Crippen molar-refractivity contribution in [1.29, 1.82) is 0 Å². The van der Waals surface area contributed by atoms with E-state index in [-0.39, 0.29) is 11.6 Å². The predicted molar refractivity (Wildman–Crippen MR) is 66.6 cm³/mol. The number of benzene rings is 1. The van der Waals surface area contributed by atoms with Crippen LogP contribution in [0, 0.1) is 5.82 Å². The van der Waals surface area contributed by atoms with E-state index in [2.05, 4.69) is 20.9 Å². The van der Waals surface area contributed by atoms with Gasteiger partial charge in [-0.1, -0.05) is 28.1 Å². The largest absolute Gasteiger partial charge is 0.293 e. The minimum atomic E-state index is -0.467. The summed E-state index contributed by atoms with van der Waals surface area (Å²) in [6.07, 6.45) is 3.13. The molecule has 2 nitrogen and oxygen atoms in total. The average molecular weight is 294 g/mol. The highest BCUT2D eigenvalue weighted by molar-refractivity contribution is 9.09. The van der Waals surface area contributed by atoms with E-state index >= 15 is 0 Å². The van der Waals surface area contributed by atoms with Gasteiger partial charge in [0.25, 0.3) is 0 Å². The second-order valence-corrected chi connectivity index (χ2v) is 4.43. The summed E-state index contributed by atoms with van der Waals surface area (Å²) >= 11 is 3.32. The van der Waals surface area contributed by atoms with Gasteiger partial charge in [-0.2, -0.15) is 0 Å². The first kappa shape index (κ1) is 11.9. The molecule has 0 spiro atoms. The first-order chi connectivity index (χ1) is 8.18. The fraction of sp³-hybridized carbons (Fsp3) is 0.0769. The molecule has 0 N–H and O–H groups in total. The van der Waals surface area contributed by atoms with Crippen molar-refractivity contribution < 1.29 is 9.18 Å². The SMILES string of the molecule is O=C(c1ccncc1)C(Br)c1ccc(F)cc1. The van der Waals surface area contributed by atoms with Gasteiger partial charge in [-0.05, 0) is 29.8 Å². The first-order valence-electron chi connectivity index (χ1n) is 5.02. The lowest BCUT2D eigenvalue weighted by Crippen LogP contribution is -2.07. The molecule has 1 unspecified atom stereocenters. The smallest absolute Gasteiger partial charge is 0.181 e. The van der Waals surface area contributed by atoms with Crippen LogP contribution < -0.4 is 0 Å². The third-order valence-corrected chi connectivity index (χ3v) is 3.30. The fourth-order valence-electron chi connectivity index (χ4n) is 1.45. The van der Waals surface area contributed by atoms with Crippen LogP contribution in [0.15, 0.2) is 48.8 Å². The molecule has 2 rings (SSSR count). The van der Waals surface area contributed by atoms with E-state index in [1.165, 1.54) is 12.1 Å². The lowest BCUT2D eigenvalue weighted by atomic mass is 10.0. The Balaban J connectivity index is 2.23. The zero-order valence-corrected chi connectivity index (χ0v) is 10.4. The maximum Gasteiger partial charge on any atom is 0.181 e. The highest BCUT2D eigenvalue weighted by Gasteiger charge is 2.18. The van der Waals surface area contributed by atoms with Crippen molar-refractivity contribution in [2.24, 2.45) is 0 Å². The number of hydrogen-bond donors (Lipinski definition) is 0. The Kier molecular flexibility index (Phi) is 3.64. The number of pyridine rings is 1. The quantitative estimate of drug-likeness (QED) is 0.640. The van der Waals surface area contributed by atoms with Crippen molar-refractivity contribution in [2.75, 3.05) is 0 Å². The normalized spacial score (nSPS) is 12.1. The predicted octanol–water partition coefficient (Wildman–Crippen LogP) is 3.54. The lowest BCUT2D eigenvalue weighted by Gasteiger charge is -2.08. The molecule has 0 radical (unpaired) electrons. The molecule has 1 aromatic heterocycles. The molecule has 1 aromatic carbocycles. The van der Waals surface area contributed by atoms with E-state index in [1.807, 2.05) is 0 Å². The number of hydrogen-bond acceptors (Lipinski definition) is 2. The number of carbonyl (C=O) groups excluding carboxylic acids is 1. The highest BCUT2D eigenvalue weighted by Crippen LogP contribution is 2.26. The van der Waals surface area contributed by atoms with Gasteiger partial charge in [0.1, 0.15) is 10.6 Å². The van der Waals surface area contributed by atoms with Crippen LogP contribution in [-0.4, -0.2) is 10.8 Å². The van der Waals surface area contributed by atoms with Crippen LogP contribution in [-0.2, 0) is 0 Å². The number of halogens is 2. The van der Waals surface area contributed by atoms with Gasteiger partial charge in [0.15, 0.2) is 5.78 Å². The Morgan fingerprint density at radius 2 is 1.71 bits per heavy atom. The molecular weight excluding hydrogens is 285 g/mol. The van der Waals surface area contributed by atoms with Crippen molar-refractivity contribution in [2.45, 2.75) is 4.83 Å². The van der Waals surface area contributed by atoms with Gasteiger partial charge in [-0.25, -0.2) is 4.39 Å². The Morgan fingerprint density at radius 3 is 2.29 bits per heavy atom. The first-order valence-corrected chi connectivity index (χ1v) is 5.94. The van der Waals surface area contributed by atoms with Crippen molar-refractivity contribution in [1.82, 2.24) is 4.98 Å². The van der Waals surface area contributed by atoms with Crippen LogP contribution >= 0.6 is 15.9 Å². The summed E-state index contributed by atoms with van der Waals surface area (Å²) in [4.78, 5) is 15.4. The van der Waals surface area contributed by atoms with Gasteiger partial charge in [0.05, 0.1) is 0 Å². The van der Waals surface area contributed by atoms with E-state index in [0.717, 1.165) is 5.56 Å². The van der Waals surface area contributed by atoms with Gasteiger partial charge >= 0.3 is 0 Å². The molecule has 1 heterocycles. The molecule has 0 bridgehead atoms. The minimum absolute atomic E-state index is 0.0704. The summed E-state index contributed by atoms with van der Waals surface area (Å²) in [6, 6.07) is 9.16. The number of alkyl halides is 1. The average Bonchev–Trinajstić information content (AvgIpc) is 2.39. The van der Waals surface area contributed by atoms with E-state index in [0.29, 0.717) is 5.56 Å². The number of rotatable bonds is 3. The van der Waals surface area contributed by atoms with Gasteiger partial charge in [0, 0.05) is 18.0 Å². The van der Waals surface area contributed by atoms with Crippen LogP contribution in [0.2, 0.25) is 0 Å². The number of carbonyl (C=O) groups is 1. The number of ketones is 1. The zero-order chi connectivity index (χ0) is 12.3. The monoisotopic (exact) mass is 293 g/mol. The van der Waals surface area contributed by atoms with E-state index in [1.54, 1.807) is 36.7 Å². The number of Topliss-reactive ketones (excluding diaryl/α,β-unsaturated/α-hetero) is 1. The minimum Gasteiger partial charge on any atom is -0.293 e. The van der Waals surface area contributed by atoms with E-state index in [9.17, 15) is 9.18 Å². The van der Waals surface area contributed by atoms with Crippen molar-refractivity contribution >= 4 is 21.7 Å². The van der Waals surface area contributed by atoms with Crippen molar-refractivity contribution in [3.05, 3.63) is 65.7 Å². The van der Waals surface area contributed by atoms with E-state index < -0.39 is 4.83 Å². The summed E-state index contributed by atoms with van der Waals surface area (Å²) in [6.45, 7) is 0. The van der Waals surface area contributed by atoms with Crippen molar-refractivity contribution in [3.63, 3.8) is 0 Å². The maximum absolute atomic E-state index is 12.8. The third kappa shape index (κ3) is 2.77. The molecule has 0 saturated carbocycles. The third-order valence-electron chi connectivity index (χ3n) is 2.36. The highest BCUT2D eigenvalue weighted by atomic mass is 79.9. The molecule has 86 valence electrons. The molecule has 4 heteroatoms. The van der Waals surface area contributed by atoms with Crippen LogP contribution in [0.25, 0.3) is 0 Å². The maximum atomic E-state index is 12.8. The van der Waals surface area contributed by atoms with Gasteiger partial charge in [-0.3, -0.25) is 9.78 Å². The topological polar surface area (TPSA) is 30.0 Å². The lowest BCUT2D eigenvalue weighted by molar-refractivity contribution is 0.0991. The summed E-state index contributed by atoms with van der Waals surface area (Å²) in [5, 5.41) is 0. The molecule has 0 aliphatic heterocycles. The molecule has 0 aliphatic carbocycles. The summed E-state index contributed by atoms with van der Waals surface area (Å²) in [7, 11) is 0. The molecule has 0 aliphatic rings. The summed E-state index contributed by atoms with van der Waals surface area (Å²) in [5.41, 5.74) is 1.31. The standard InChI is InChI=1S/C13H9BrFNO/c14-12(9-1-3-11(15)4-2-9)13(17)10-5-7-16-8-6-10/h1-8,12H. The number of nitrogens with zero attached hydrogens (tertiary/aromatic N) is 1. The fourth-order valence-corrected chi connectivity index (χ4v) is 2.02. The molecule has 2 aromatic rings. The second-order valence-electron chi connectivity index (χ2n) is 3.51. The molecule has 0 saturated heterocycles. The van der Waals surface area contributed by atoms with Crippen molar-refractivity contribution in [3.8, 4) is 0 Å². The van der Waals surface area contributed by atoms with Crippen LogP contribution in [0.4, 0.5) is 4.39 Å². The molecule has 0 amide bonds. The number of aromatic nitrogens is 1. The zero-order valence-electron chi connectivity index (χ0n) is 8.81.